The van der Waals surface area contributed by atoms with Gasteiger partial charge in [0.25, 0.3) is 0 Å². The number of nitrogens with one attached hydrogen (secondary N) is 1. The molecule has 0 radical (unpaired) electrons. The van der Waals surface area contributed by atoms with Gasteiger partial charge in [-0.05, 0) is 6.42 Å². The molecule has 0 aromatic carbocycles. The number of β-lactam (4-membered cyclic amide) rings is 1. The van der Waals surface area contributed by atoms with Gasteiger partial charge in [0.2, 0.25) is 5.91 Å². The predicted molar refractivity (Wildman–Crippen MR) is 54.5 cm³/mol. The molecule has 76 valence electrons. The van der Waals surface area contributed by atoms with Crippen molar-refractivity contribution in [2.45, 2.75) is 64.3 Å². The van der Waals surface area contributed by atoms with E-state index < -0.39 is 0 Å². The fourth-order valence-electron chi connectivity index (χ4n) is 1.78. The van der Waals surface area contributed by atoms with E-state index in [1.54, 1.807) is 0 Å². The summed E-state index contributed by atoms with van der Waals surface area (Å²) < 4.78 is 0. The van der Waals surface area contributed by atoms with Crippen LogP contribution in [0.5, 0.6) is 0 Å². The van der Waals surface area contributed by atoms with Crippen LogP contribution in [0, 0.1) is 0 Å². The summed E-state index contributed by atoms with van der Waals surface area (Å²) in [6.45, 7) is 2.24. The summed E-state index contributed by atoms with van der Waals surface area (Å²) in [5, 5.41) is 2.91. The third kappa shape index (κ3) is 4.30. The van der Waals surface area contributed by atoms with Gasteiger partial charge in [0.1, 0.15) is 0 Å². The zero-order valence-corrected chi connectivity index (χ0v) is 8.64. The molecule has 1 rings (SSSR count). The smallest absolute Gasteiger partial charge is 0.222 e. The van der Waals surface area contributed by atoms with Crippen LogP contribution < -0.4 is 5.32 Å². The number of amides is 1. The first-order valence-corrected chi connectivity index (χ1v) is 5.62. The molecule has 1 N–H and O–H groups in total. The number of hydrogen-bond acceptors (Lipinski definition) is 1. The van der Waals surface area contributed by atoms with Crippen molar-refractivity contribution in [2.75, 3.05) is 0 Å². The third-order valence-electron chi connectivity index (χ3n) is 2.70. The van der Waals surface area contributed by atoms with Gasteiger partial charge in [0.15, 0.2) is 0 Å². The number of unbranched alkanes of at least 4 members (excludes halogenated alkanes) is 5. The molecule has 1 fully saturated rings. The molecular formula is C11H21NO. The van der Waals surface area contributed by atoms with Gasteiger partial charge in [-0.15, -0.1) is 0 Å². The Balaban J connectivity index is 1.77. The van der Waals surface area contributed by atoms with Gasteiger partial charge in [-0.1, -0.05) is 45.4 Å². The molecule has 2 heteroatoms. The molecule has 0 aromatic rings. The Labute approximate surface area is 81.1 Å². The normalized spacial score (nSPS) is 21.0. The Bertz CT molecular complexity index is 148. The van der Waals surface area contributed by atoms with Crippen LogP contribution in [0.2, 0.25) is 0 Å². The molecule has 0 spiro atoms. The van der Waals surface area contributed by atoms with Crippen LogP contribution >= 0.6 is 0 Å². The second-order valence-electron chi connectivity index (χ2n) is 4.03. The monoisotopic (exact) mass is 183 g/mol. The Morgan fingerprint density at radius 1 is 1.23 bits per heavy atom. The summed E-state index contributed by atoms with van der Waals surface area (Å²) in [5.74, 6) is 0.232. The molecule has 1 aliphatic heterocycles. The molecule has 0 aliphatic carbocycles. The molecular weight excluding hydrogens is 162 g/mol. The third-order valence-corrected chi connectivity index (χ3v) is 2.70. The molecule has 1 heterocycles. The highest BCUT2D eigenvalue weighted by Gasteiger charge is 2.23. The van der Waals surface area contributed by atoms with Gasteiger partial charge in [-0.2, -0.15) is 0 Å². The fraction of sp³-hybridized carbons (Fsp3) is 0.909. The average Bonchev–Trinajstić information content (AvgIpc) is 2.07. The lowest BCUT2D eigenvalue weighted by Crippen LogP contribution is -2.48. The molecule has 0 bridgehead atoms. The average molecular weight is 183 g/mol. The van der Waals surface area contributed by atoms with E-state index in [-0.39, 0.29) is 5.91 Å². The van der Waals surface area contributed by atoms with E-state index in [1.165, 1.54) is 44.9 Å². The highest BCUT2D eigenvalue weighted by molar-refractivity contribution is 5.82. The molecule has 1 unspecified atom stereocenters. The summed E-state index contributed by atoms with van der Waals surface area (Å²) in [6, 6.07) is 0.513. The van der Waals surface area contributed by atoms with Crippen molar-refractivity contribution in [3.05, 3.63) is 0 Å². The summed E-state index contributed by atoms with van der Waals surface area (Å²) >= 11 is 0. The molecule has 13 heavy (non-hydrogen) atoms. The lowest BCUT2D eigenvalue weighted by Gasteiger charge is -2.26. The van der Waals surface area contributed by atoms with Crippen LogP contribution in [0.4, 0.5) is 0 Å². The van der Waals surface area contributed by atoms with Gasteiger partial charge >= 0.3 is 0 Å². The van der Waals surface area contributed by atoms with Gasteiger partial charge < -0.3 is 5.32 Å². The Morgan fingerprint density at radius 3 is 2.46 bits per heavy atom. The Hall–Kier alpha value is -0.530. The molecule has 1 amide bonds. The summed E-state index contributed by atoms with van der Waals surface area (Å²) in [4.78, 5) is 10.6. The van der Waals surface area contributed by atoms with E-state index in [9.17, 15) is 4.79 Å². The highest BCUT2D eigenvalue weighted by atomic mass is 16.2. The van der Waals surface area contributed by atoms with E-state index >= 15 is 0 Å². The molecule has 2 nitrogen and oxygen atoms in total. The van der Waals surface area contributed by atoms with Crippen molar-refractivity contribution >= 4 is 5.91 Å². The lowest BCUT2D eigenvalue weighted by molar-refractivity contribution is -0.128. The minimum Gasteiger partial charge on any atom is -0.353 e. The van der Waals surface area contributed by atoms with Crippen LogP contribution in [0.1, 0.15) is 58.3 Å². The van der Waals surface area contributed by atoms with Gasteiger partial charge in [-0.3, -0.25) is 4.79 Å². The van der Waals surface area contributed by atoms with Crippen LogP contribution in [-0.4, -0.2) is 11.9 Å². The Kier molecular flexibility index (Phi) is 4.87. The maximum atomic E-state index is 10.6. The summed E-state index contributed by atoms with van der Waals surface area (Å²) in [5.41, 5.74) is 0. The van der Waals surface area contributed by atoms with E-state index in [0.29, 0.717) is 6.04 Å². The zero-order valence-electron chi connectivity index (χ0n) is 8.64. The van der Waals surface area contributed by atoms with Gasteiger partial charge in [-0.25, -0.2) is 0 Å². The fourth-order valence-corrected chi connectivity index (χ4v) is 1.78. The standard InChI is InChI=1S/C11H21NO/c1-2-3-4-5-6-7-8-10-9-11(13)12-10/h10H,2-9H2,1H3,(H,12,13). The van der Waals surface area contributed by atoms with Crippen molar-refractivity contribution in [1.82, 2.24) is 5.32 Å². The summed E-state index contributed by atoms with van der Waals surface area (Å²) in [7, 11) is 0. The SMILES string of the molecule is CCCCCCCCC1CC(=O)N1. The minimum absolute atomic E-state index is 0.232. The van der Waals surface area contributed by atoms with Crippen molar-refractivity contribution in [2.24, 2.45) is 0 Å². The van der Waals surface area contributed by atoms with Crippen molar-refractivity contribution < 1.29 is 4.79 Å². The number of hydrogen-bond donors (Lipinski definition) is 1. The number of carbonyl (C=O) groups is 1. The highest BCUT2D eigenvalue weighted by Crippen LogP contribution is 2.14. The molecule has 0 saturated carbocycles. The van der Waals surface area contributed by atoms with Crippen LogP contribution in [0.15, 0.2) is 0 Å². The van der Waals surface area contributed by atoms with E-state index in [2.05, 4.69) is 12.2 Å². The Morgan fingerprint density at radius 2 is 1.85 bits per heavy atom. The first kappa shape index (κ1) is 10.6. The van der Waals surface area contributed by atoms with E-state index in [4.69, 9.17) is 0 Å². The van der Waals surface area contributed by atoms with Crippen molar-refractivity contribution in [3.63, 3.8) is 0 Å². The van der Waals surface area contributed by atoms with E-state index in [1.807, 2.05) is 0 Å². The first-order valence-electron chi connectivity index (χ1n) is 5.62. The molecule has 0 aromatic heterocycles. The van der Waals surface area contributed by atoms with Crippen molar-refractivity contribution in [3.8, 4) is 0 Å². The van der Waals surface area contributed by atoms with Crippen molar-refractivity contribution in [1.29, 1.82) is 0 Å². The maximum Gasteiger partial charge on any atom is 0.222 e. The topological polar surface area (TPSA) is 29.1 Å². The van der Waals surface area contributed by atoms with Crippen LogP contribution in [-0.2, 0) is 4.79 Å². The number of rotatable bonds is 7. The van der Waals surface area contributed by atoms with Crippen LogP contribution in [0.3, 0.4) is 0 Å². The first-order chi connectivity index (χ1) is 6.33. The molecule has 1 atom stereocenters. The quantitative estimate of drug-likeness (QED) is 0.477. The van der Waals surface area contributed by atoms with Gasteiger partial charge in [0, 0.05) is 12.5 Å². The second-order valence-corrected chi connectivity index (χ2v) is 4.03. The largest absolute Gasteiger partial charge is 0.353 e. The van der Waals surface area contributed by atoms with Crippen LogP contribution in [0.25, 0.3) is 0 Å². The van der Waals surface area contributed by atoms with E-state index in [0.717, 1.165) is 6.42 Å². The predicted octanol–water partition coefficient (Wildman–Crippen LogP) is 2.63. The van der Waals surface area contributed by atoms with Gasteiger partial charge in [0.05, 0.1) is 0 Å². The minimum atomic E-state index is 0.232. The maximum absolute atomic E-state index is 10.6. The molecule has 1 aliphatic rings. The molecule has 1 saturated heterocycles. The number of carbonyl (C=O) groups excluding carboxylic acids is 1. The zero-order chi connectivity index (χ0) is 9.52. The second kappa shape index (κ2) is 6.01. The lowest BCUT2D eigenvalue weighted by atomic mass is 9.98. The summed E-state index contributed by atoms with van der Waals surface area (Å²) in [6.07, 6.45) is 10.0.